The van der Waals surface area contributed by atoms with Crippen molar-refractivity contribution >= 4 is 11.3 Å². The zero-order valence-electron chi connectivity index (χ0n) is 10.7. The Morgan fingerprint density at radius 2 is 1.35 bits per heavy atom. The van der Waals surface area contributed by atoms with E-state index in [1.54, 1.807) is 12.1 Å². The van der Waals surface area contributed by atoms with Crippen LogP contribution in [0, 0.1) is 0 Å². The van der Waals surface area contributed by atoms with Crippen molar-refractivity contribution < 1.29 is 8.78 Å². The zero-order chi connectivity index (χ0) is 12.7. The van der Waals surface area contributed by atoms with E-state index in [-0.39, 0.29) is 0 Å². The molecule has 0 N–H and O–H groups in total. The summed E-state index contributed by atoms with van der Waals surface area (Å²) in [6.07, 6.45) is 3.08. The highest BCUT2D eigenvalue weighted by Gasteiger charge is 2.16. The van der Waals surface area contributed by atoms with Crippen LogP contribution in [0.25, 0.3) is 0 Å². The predicted molar refractivity (Wildman–Crippen MR) is 71.1 cm³/mol. The average Bonchev–Trinajstić information content (AvgIpc) is 2.82. The van der Waals surface area contributed by atoms with Gasteiger partial charge in [0.05, 0.1) is 0 Å². The van der Waals surface area contributed by atoms with Gasteiger partial charge in [0, 0.05) is 9.75 Å². The normalized spacial score (nSPS) is 14.8. The molecule has 0 radical (unpaired) electrons. The summed E-state index contributed by atoms with van der Waals surface area (Å²) in [5, 5.41) is 0. The third kappa shape index (κ3) is 4.74. The molecule has 0 aliphatic rings. The van der Waals surface area contributed by atoms with Gasteiger partial charge < -0.3 is 0 Å². The average molecular weight is 260 g/mol. The van der Waals surface area contributed by atoms with Gasteiger partial charge in [0.1, 0.15) is 12.3 Å². The number of unbranched alkanes of at least 4 members (excludes halogenated alkanes) is 2. The van der Waals surface area contributed by atoms with Gasteiger partial charge in [0.25, 0.3) is 0 Å². The van der Waals surface area contributed by atoms with E-state index in [0.29, 0.717) is 22.6 Å². The predicted octanol–water partition coefficient (Wildman–Crippen LogP) is 6.15. The molecule has 0 aliphatic carbocycles. The van der Waals surface area contributed by atoms with Crippen molar-refractivity contribution in [2.75, 3.05) is 0 Å². The molecule has 0 spiro atoms. The van der Waals surface area contributed by atoms with Crippen molar-refractivity contribution in [3.63, 3.8) is 0 Å². The van der Waals surface area contributed by atoms with Crippen LogP contribution in [0.4, 0.5) is 8.78 Å². The minimum atomic E-state index is -0.910. The maximum absolute atomic E-state index is 13.7. The van der Waals surface area contributed by atoms with Crippen LogP contribution in [0.1, 0.15) is 74.5 Å². The van der Waals surface area contributed by atoms with Gasteiger partial charge in [0.2, 0.25) is 0 Å². The topological polar surface area (TPSA) is 0 Å². The van der Waals surface area contributed by atoms with Crippen LogP contribution in [0.2, 0.25) is 0 Å². The highest BCUT2D eigenvalue weighted by Crippen LogP contribution is 2.35. The number of hydrogen-bond donors (Lipinski definition) is 0. The van der Waals surface area contributed by atoms with Crippen LogP contribution < -0.4 is 0 Å². The molecule has 0 saturated carbocycles. The molecule has 2 atom stereocenters. The van der Waals surface area contributed by atoms with E-state index < -0.39 is 12.3 Å². The van der Waals surface area contributed by atoms with Gasteiger partial charge in [-0.15, -0.1) is 11.3 Å². The van der Waals surface area contributed by atoms with Crippen molar-refractivity contribution in [2.45, 2.75) is 64.7 Å². The number of rotatable bonds is 8. The number of halogens is 2. The highest BCUT2D eigenvalue weighted by atomic mass is 32.1. The first-order chi connectivity index (χ1) is 8.19. The van der Waals surface area contributed by atoms with Crippen LogP contribution >= 0.6 is 11.3 Å². The molecule has 0 saturated heterocycles. The Kier molecular flexibility index (Phi) is 6.71. The van der Waals surface area contributed by atoms with Gasteiger partial charge in [-0.3, -0.25) is 0 Å². The molecule has 2 unspecified atom stereocenters. The maximum atomic E-state index is 13.7. The number of hydrogen-bond acceptors (Lipinski definition) is 1. The maximum Gasteiger partial charge on any atom is 0.134 e. The lowest BCUT2D eigenvalue weighted by molar-refractivity contribution is 0.320. The molecule has 3 heteroatoms. The molecule has 17 heavy (non-hydrogen) atoms. The fourth-order valence-corrected chi connectivity index (χ4v) is 2.79. The van der Waals surface area contributed by atoms with Crippen LogP contribution in [0.3, 0.4) is 0 Å². The molecular weight excluding hydrogens is 238 g/mol. The van der Waals surface area contributed by atoms with Crippen molar-refractivity contribution in [3.8, 4) is 0 Å². The second kappa shape index (κ2) is 7.80. The smallest absolute Gasteiger partial charge is 0.134 e. The Balaban J connectivity index is 2.51. The van der Waals surface area contributed by atoms with E-state index >= 15 is 0 Å². The molecule has 1 rings (SSSR count). The van der Waals surface area contributed by atoms with Gasteiger partial charge in [0.15, 0.2) is 0 Å². The zero-order valence-corrected chi connectivity index (χ0v) is 11.5. The summed E-state index contributed by atoms with van der Waals surface area (Å²) >= 11 is 1.30. The number of thiophene rings is 1. The summed E-state index contributed by atoms with van der Waals surface area (Å²) in [5.74, 6) is 0. The molecule has 98 valence electrons. The SMILES string of the molecule is CCCCC(F)c1ccc(C(F)CCCC)s1. The first-order valence-electron chi connectivity index (χ1n) is 6.56. The lowest BCUT2D eigenvalue weighted by Crippen LogP contribution is -1.88. The quantitative estimate of drug-likeness (QED) is 0.526. The molecule has 0 fully saturated rings. The largest absolute Gasteiger partial charge is 0.241 e. The van der Waals surface area contributed by atoms with E-state index in [1.807, 2.05) is 0 Å². The molecule has 1 heterocycles. The summed E-state index contributed by atoms with van der Waals surface area (Å²) in [7, 11) is 0. The fourth-order valence-electron chi connectivity index (χ4n) is 1.76. The lowest BCUT2D eigenvalue weighted by Gasteiger charge is -2.05. The molecule has 0 nitrogen and oxygen atoms in total. The van der Waals surface area contributed by atoms with Gasteiger partial charge in [-0.2, -0.15) is 0 Å². The van der Waals surface area contributed by atoms with Gasteiger partial charge >= 0.3 is 0 Å². The lowest BCUT2D eigenvalue weighted by atomic mass is 10.1. The van der Waals surface area contributed by atoms with Crippen molar-refractivity contribution in [1.82, 2.24) is 0 Å². The Bertz CT molecular complexity index is 280. The molecule has 0 aliphatic heterocycles. The van der Waals surface area contributed by atoms with Crippen LogP contribution in [0.5, 0.6) is 0 Å². The van der Waals surface area contributed by atoms with Crippen molar-refractivity contribution in [3.05, 3.63) is 21.9 Å². The Hall–Kier alpha value is -0.440. The first kappa shape index (κ1) is 14.6. The summed E-state index contributed by atoms with van der Waals surface area (Å²) in [6, 6.07) is 3.50. The molecule has 0 amide bonds. The van der Waals surface area contributed by atoms with Gasteiger partial charge in [-0.1, -0.05) is 39.5 Å². The summed E-state index contributed by atoms with van der Waals surface area (Å²) in [4.78, 5) is 1.38. The van der Waals surface area contributed by atoms with E-state index in [4.69, 9.17) is 0 Å². The molecule has 0 bridgehead atoms. The van der Waals surface area contributed by atoms with E-state index in [2.05, 4.69) is 13.8 Å². The van der Waals surface area contributed by atoms with Gasteiger partial charge in [-0.25, -0.2) is 8.78 Å². The van der Waals surface area contributed by atoms with E-state index in [1.165, 1.54) is 11.3 Å². The van der Waals surface area contributed by atoms with Crippen LogP contribution in [-0.2, 0) is 0 Å². The summed E-state index contributed by atoms with van der Waals surface area (Å²) in [6.45, 7) is 4.10. The molecule has 1 aromatic rings. The first-order valence-corrected chi connectivity index (χ1v) is 7.38. The van der Waals surface area contributed by atoms with Gasteiger partial charge in [-0.05, 0) is 25.0 Å². The summed E-state index contributed by atoms with van der Waals surface area (Å²) < 4.78 is 27.5. The monoisotopic (exact) mass is 260 g/mol. The van der Waals surface area contributed by atoms with E-state index in [0.717, 1.165) is 25.7 Å². The third-order valence-corrected chi connectivity index (χ3v) is 4.14. The third-order valence-electron chi connectivity index (χ3n) is 2.89. The highest BCUT2D eigenvalue weighted by molar-refractivity contribution is 7.12. The minimum absolute atomic E-state index is 0.558. The molecular formula is C14H22F2S. The second-order valence-electron chi connectivity index (χ2n) is 4.46. The Morgan fingerprint density at radius 1 is 0.941 bits per heavy atom. The fraction of sp³-hybridized carbons (Fsp3) is 0.714. The van der Waals surface area contributed by atoms with Crippen molar-refractivity contribution in [2.24, 2.45) is 0 Å². The van der Waals surface area contributed by atoms with E-state index in [9.17, 15) is 8.78 Å². The Labute approximate surface area is 107 Å². The van der Waals surface area contributed by atoms with Crippen LogP contribution in [-0.4, -0.2) is 0 Å². The molecule has 1 aromatic heterocycles. The Morgan fingerprint density at radius 3 is 1.71 bits per heavy atom. The second-order valence-corrected chi connectivity index (χ2v) is 5.61. The summed E-state index contributed by atoms with van der Waals surface area (Å²) in [5.41, 5.74) is 0. The molecule has 0 aromatic carbocycles. The minimum Gasteiger partial charge on any atom is -0.241 e. The van der Waals surface area contributed by atoms with Crippen LogP contribution in [0.15, 0.2) is 12.1 Å². The standard InChI is InChI=1S/C14H22F2S/c1-3-5-7-11(15)13-9-10-14(17-13)12(16)8-6-4-2/h9-12H,3-8H2,1-2H3. The number of alkyl halides is 2. The van der Waals surface area contributed by atoms with Crippen molar-refractivity contribution in [1.29, 1.82) is 0 Å².